The van der Waals surface area contributed by atoms with Gasteiger partial charge in [-0.25, -0.2) is 4.68 Å². The third kappa shape index (κ3) is 3.39. The fourth-order valence-electron chi connectivity index (χ4n) is 1.44. The van der Waals surface area contributed by atoms with Crippen LogP contribution in [0.15, 0.2) is 36.5 Å². The monoisotopic (exact) mass is 230 g/mol. The summed E-state index contributed by atoms with van der Waals surface area (Å²) in [5.74, 6) is 0. The van der Waals surface area contributed by atoms with E-state index in [0.717, 1.165) is 17.9 Å². The Balaban J connectivity index is 2.07. The molecular formula is C13H18N4. The summed E-state index contributed by atoms with van der Waals surface area (Å²) >= 11 is 0. The largest absolute Gasteiger partial charge is 0.306 e. The van der Waals surface area contributed by atoms with E-state index in [9.17, 15) is 0 Å². The SMILES string of the molecule is CC(C)(C)NCc1cn(-c2ccccc2)nn1. The van der Waals surface area contributed by atoms with Crippen LogP contribution in [0, 0.1) is 0 Å². The highest BCUT2D eigenvalue weighted by molar-refractivity contribution is 5.29. The molecule has 0 atom stereocenters. The predicted octanol–water partition coefficient (Wildman–Crippen LogP) is 2.16. The maximum Gasteiger partial charge on any atom is 0.0969 e. The zero-order valence-electron chi connectivity index (χ0n) is 10.5. The first-order chi connectivity index (χ1) is 8.04. The molecule has 0 aliphatic carbocycles. The van der Waals surface area contributed by atoms with Crippen molar-refractivity contribution in [2.24, 2.45) is 0 Å². The summed E-state index contributed by atoms with van der Waals surface area (Å²) in [6, 6.07) is 9.99. The van der Waals surface area contributed by atoms with Gasteiger partial charge in [0.2, 0.25) is 0 Å². The molecule has 0 unspecified atom stereocenters. The lowest BCUT2D eigenvalue weighted by atomic mass is 10.1. The second-order valence-electron chi connectivity index (χ2n) is 5.09. The molecule has 1 N–H and O–H groups in total. The molecule has 0 saturated carbocycles. The average Bonchev–Trinajstić information content (AvgIpc) is 2.75. The summed E-state index contributed by atoms with van der Waals surface area (Å²) in [5, 5.41) is 11.6. The lowest BCUT2D eigenvalue weighted by Gasteiger charge is -2.19. The van der Waals surface area contributed by atoms with Crippen molar-refractivity contribution in [3.05, 3.63) is 42.2 Å². The van der Waals surface area contributed by atoms with Crippen molar-refractivity contribution in [2.45, 2.75) is 32.9 Å². The quantitative estimate of drug-likeness (QED) is 0.878. The number of hydrogen-bond acceptors (Lipinski definition) is 3. The molecule has 0 aliphatic rings. The minimum atomic E-state index is 0.0938. The molecule has 4 nitrogen and oxygen atoms in total. The van der Waals surface area contributed by atoms with E-state index in [0.29, 0.717) is 0 Å². The Hall–Kier alpha value is -1.68. The molecule has 0 saturated heterocycles. The molecule has 1 aromatic heterocycles. The van der Waals surface area contributed by atoms with Crippen molar-refractivity contribution in [1.82, 2.24) is 20.3 Å². The van der Waals surface area contributed by atoms with E-state index in [-0.39, 0.29) is 5.54 Å². The van der Waals surface area contributed by atoms with Crippen LogP contribution in [0.2, 0.25) is 0 Å². The van der Waals surface area contributed by atoms with Gasteiger partial charge >= 0.3 is 0 Å². The van der Waals surface area contributed by atoms with Crippen LogP contribution in [0.4, 0.5) is 0 Å². The zero-order chi connectivity index (χ0) is 12.3. The number of nitrogens with zero attached hydrogens (tertiary/aromatic N) is 3. The van der Waals surface area contributed by atoms with Gasteiger partial charge in [0.1, 0.15) is 0 Å². The second kappa shape index (κ2) is 4.67. The summed E-state index contributed by atoms with van der Waals surface area (Å²) < 4.78 is 1.79. The highest BCUT2D eigenvalue weighted by Crippen LogP contribution is 2.06. The Bertz CT molecular complexity index is 468. The summed E-state index contributed by atoms with van der Waals surface area (Å²) in [7, 11) is 0. The Morgan fingerprint density at radius 3 is 2.53 bits per heavy atom. The number of aromatic nitrogens is 3. The van der Waals surface area contributed by atoms with Gasteiger partial charge in [0, 0.05) is 12.1 Å². The number of para-hydroxylation sites is 1. The first-order valence-corrected chi connectivity index (χ1v) is 5.76. The van der Waals surface area contributed by atoms with Crippen molar-refractivity contribution >= 4 is 0 Å². The molecule has 0 amide bonds. The third-order valence-corrected chi connectivity index (χ3v) is 2.36. The first kappa shape index (κ1) is 11.8. The van der Waals surface area contributed by atoms with Crippen LogP contribution in [-0.2, 0) is 6.54 Å². The van der Waals surface area contributed by atoms with E-state index in [4.69, 9.17) is 0 Å². The van der Waals surface area contributed by atoms with E-state index >= 15 is 0 Å². The molecule has 0 radical (unpaired) electrons. The lowest BCUT2D eigenvalue weighted by Crippen LogP contribution is -2.35. The molecular weight excluding hydrogens is 212 g/mol. The Morgan fingerprint density at radius 2 is 1.88 bits per heavy atom. The van der Waals surface area contributed by atoms with E-state index in [1.165, 1.54) is 0 Å². The molecule has 1 heterocycles. The number of hydrogen-bond donors (Lipinski definition) is 1. The standard InChI is InChI=1S/C13H18N4/c1-13(2,3)14-9-11-10-17(16-15-11)12-7-5-4-6-8-12/h4-8,10,14H,9H2,1-3H3. The van der Waals surface area contributed by atoms with Gasteiger partial charge in [-0.15, -0.1) is 5.10 Å². The van der Waals surface area contributed by atoms with Crippen molar-refractivity contribution in [1.29, 1.82) is 0 Å². The summed E-state index contributed by atoms with van der Waals surface area (Å²) in [4.78, 5) is 0. The molecule has 1 aromatic carbocycles. The molecule has 2 rings (SSSR count). The highest BCUT2D eigenvalue weighted by Gasteiger charge is 2.10. The fourth-order valence-corrected chi connectivity index (χ4v) is 1.44. The van der Waals surface area contributed by atoms with Gasteiger partial charge in [-0.1, -0.05) is 23.4 Å². The molecule has 0 spiro atoms. The van der Waals surface area contributed by atoms with Crippen LogP contribution >= 0.6 is 0 Å². The Kier molecular flexibility index (Phi) is 3.24. The number of nitrogens with one attached hydrogen (secondary N) is 1. The number of rotatable bonds is 3. The van der Waals surface area contributed by atoms with Crippen molar-refractivity contribution < 1.29 is 0 Å². The van der Waals surface area contributed by atoms with E-state index in [1.807, 2.05) is 36.5 Å². The summed E-state index contributed by atoms with van der Waals surface area (Å²) in [6.45, 7) is 7.13. The molecule has 90 valence electrons. The maximum absolute atomic E-state index is 4.15. The lowest BCUT2D eigenvalue weighted by molar-refractivity contribution is 0.421. The normalized spacial score (nSPS) is 11.7. The van der Waals surface area contributed by atoms with Gasteiger partial charge < -0.3 is 5.32 Å². The third-order valence-electron chi connectivity index (χ3n) is 2.36. The highest BCUT2D eigenvalue weighted by atomic mass is 15.4. The zero-order valence-corrected chi connectivity index (χ0v) is 10.5. The summed E-state index contributed by atoms with van der Waals surface area (Å²) in [6.07, 6.45) is 1.95. The second-order valence-corrected chi connectivity index (χ2v) is 5.09. The van der Waals surface area contributed by atoms with Crippen LogP contribution in [0.5, 0.6) is 0 Å². The van der Waals surface area contributed by atoms with Crippen LogP contribution in [0.3, 0.4) is 0 Å². The van der Waals surface area contributed by atoms with E-state index in [1.54, 1.807) is 4.68 Å². The molecule has 2 aromatic rings. The molecule has 17 heavy (non-hydrogen) atoms. The van der Waals surface area contributed by atoms with Crippen LogP contribution in [0.1, 0.15) is 26.5 Å². The minimum absolute atomic E-state index is 0.0938. The smallest absolute Gasteiger partial charge is 0.0969 e. The predicted molar refractivity (Wildman–Crippen MR) is 68.0 cm³/mol. The average molecular weight is 230 g/mol. The van der Waals surface area contributed by atoms with Crippen LogP contribution < -0.4 is 5.32 Å². The Morgan fingerprint density at radius 1 is 1.18 bits per heavy atom. The van der Waals surface area contributed by atoms with Crippen LogP contribution in [0.25, 0.3) is 5.69 Å². The van der Waals surface area contributed by atoms with Gasteiger partial charge in [-0.2, -0.15) is 0 Å². The first-order valence-electron chi connectivity index (χ1n) is 5.76. The van der Waals surface area contributed by atoms with Gasteiger partial charge in [-0.05, 0) is 32.9 Å². The maximum atomic E-state index is 4.15. The van der Waals surface area contributed by atoms with E-state index < -0.39 is 0 Å². The van der Waals surface area contributed by atoms with Gasteiger partial charge in [-0.3, -0.25) is 0 Å². The van der Waals surface area contributed by atoms with Crippen molar-refractivity contribution in [2.75, 3.05) is 0 Å². The Labute approximate surface area is 102 Å². The van der Waals surface area contributed by atoms with Gasteiger partial charge in [0.25, 0.3) is 0 Å². The molecule has 0 bridgehead atoms. The molecule has 0 fully saturated rings. The van der Waals surface area contributed by atoms with Crippen molar-refractivity contribution in [3.63, 3.8) is 0 Å². The van der Waals surface area contributed by atoms with Crippen LogP contribution in [-0.4, -0.2) is 20.5 Å². The minimum Gasteiger partial charge on any atom is -0.306 e. The van der Waals surface area contributed by atoms with E-state index in [2.05, 4.69) is 36.4 Å². The van der Waals surface area contributed by atoms with Crippen molar-refractivity contribution in [3.8, 4) is 5.69 Å². The number of benzene rings is 1. The molecule has 4 heteroatoms. The fraction of sp³-hybridized carbons (Fsp3) is 0.385. The molecule has 0 aliphatic heterocycles. The topological polar surface area (TPSA) is 42.7 Å². The van der Waals surface area contributed by atoms with Gasteiger partial charge in [0.15, 0.2) is 0 Å². The summed E-state index contributed by atoms with van der Waals surface area (Å²) in [5.41, 5.74) is 2.07. The van der Waals surface area contributed by atoms with Gasteiger partial charge in [0.05, 0.1) is 17.6 Å².